The first-order valence-electron chi connectivity index (χ1n) is 5.29. The quantitative estimate of drug-likeness (QED) is 0.713. The largest absolute Gasteiger partial charge is 0.398 e. The van der Waals surface area contributed by atoms with Crippen LogP contribution < -0.4 is 11.1 Å². The minimum Gasteiger partial charge on any atom is -0.398 e. The predicted molar refractivity (Wildman–Crippen MR) is 85.7 cm³/mol. The lowest BCUT2D eigenvalue weighted by Gasteiger charge is -2.08. The highest BCUT2D eigenvalue weighted by atomic mass is 79.9. The normalized spacial score (nSPS) is 10.3. The van der Waals surface area contributed by atoms with Gasteiger partial charge in [-0.15, -0.1) is 0 Å². The summed E-state index contributed by atoms with van der Waals surface area (Å²) in [6, 6.07) is 10.3. The smallest absolute Gasteiger partial charge is 0.257 e. The van der Waals surface area contributed by atoms with Crippen LogP contribution in [-0.4, -0.2) is 5.91 Å². The van der Waals surface area contributed by atoms with E-state index in [-0.39, 0.29) is 5.91 Å². The SMILES string of the molecule is Nc1cc(NC(=O)c2ccc(Br)cc2Cl)ccc1Br. The molecule has 19 heavy (non-hydrogen) atoms. The Morgan fingerprint density at radius 1 is 1.16 bits per heavy atom. The van der Waals surface area contributed by atoms with Crippen molar-refractivity contribution in [3.8, 4) is 0 Å². The van der Waals surface area contributed by atoms with Gasteiger partial charge in [-0.1, -0.05) is 27.5 Å². The summed E-state index contributed by atoms with van der Waals surface area (Å²) in [4.78, 5) is 12.1. The molecule has 0 saturated heterocycles. The molecule has 0 spiro atoms. The van der Waals surface area contributed by atoms with Gasteiger partial charge in [-0.2, -0.15) is 0 Å². The number of carbonyl (C=O) groups is 1. The molecule has 0 aliphatic carbocycles. The molecule has 0 unspecified atom stereocenters. The van der Waals surface area contributed by atoms with Crippen molar-refractivity contribution >= 4 is 60.7 Å². The number of rotatable bonds is 2. The van der Waals surface area contributed by atoms with Crippen LogP contribution in [0.1, 0.15) is 10.4 Å². The van der Waals surface area contributed by atoms with Crippen molar-refractivity contribution in [2.75, 3.05) is 11.1 Å². The number of nitrogens with one attached hydrogen (secondary N) is 1. The highest BCUT2D eigenvalue weighted by Crippen LogP contribution is 2.25. The summed E-state index contributed by atoms with van der Waals surface area (Å²) >= 11 is 12.6. The van der Waals surface area contributed by atoms with Gasteiger partial charge in [0.2, 0.25) is 0 Å². The number of carbonyl (C=O) groups excluding carboxylic acids is 1. The summed E-state index contributed by atoms with van der Waals surface area (Å²) in [5, 5.41) is 3.13. The molecular weight excluding hydrogens is 395 g/mol. The first-order chi connectivity index (χ1) is 8.97. The highest BCUT2D eigenvalue weighted by Gasteiger charge is 2.11. The summed E-state index contributed by atoms with van der Waals surface area (Å²) in [6.07, 6.45) is 0. The number of amides is 1. The zero-order chi connectivity index (χ0) is 14.0. The molecule has 2 aromatic rings. The highest BCUT2D eigenvalue weighted by molar-refractivity contribution is 9.10. The summed E-state index contributed by atoms with van der Waals surface area (Å²) in [5.74, 6) is -0.278. The van der Waals surface area contributed by atoms with Gasteiger partial charge in [0.15, 0.2) is 0 Å². The molecule has 0 saturated carbocycles. The summed E-state index contributed by atoms with van der Waals surface area (Å²) in [6.45, 7) is 0. The zero-order valence-electron chi connectivity index (χ0n) is 9.58. The van der Waals surface area contributed by atoms with Gasteiger partial charge in [-0.05, 0) is 52.3 Å². The Hall–Kier alpha value is -1.04. The molecule has 98 valence electrons. The summed E-state index contributed by atoms with van der Waals surface area (Å²) in [5.41, 5.74) is 7.33. The molecule has 1 amide bonds. The number of benzene rings is 2. The van der Waals surface area contributed by atoms with Gasteiger partial charge in [-0.3, -0.25) is 4.79 Å². The molecule has 0 fully saturated rings. The lowest BCUT2D eigenvalue weighted by atomic mass is 10.2. The molecule has 2 rings (SSSR count). The van der Waals surface area contributed by atoms with E-state index in [2.05, 4.69) is 37.2 Å². The van der Waals surface area contributed by atoms with Crippen molar-refractivity contribution in [3.05, 3.63) is 55.9 Å². The average Bonchev–Trinajstić information content (AvgIpc) is 2.33. The molecule has 0 atom stereocenters. The van der Waals surface area contributed by atoms with Gasteiger partial charge in [0, 0.05) is 20.3 Å². The minimum atomic E-state index is -0.278. The van der Waals surface area contributed by atoms with Crippen molar-refractivity contribution in [2.45, 2.75) is 0 Å². The first-order valence-corrected chi connectivity index (χ1v) is 7.25. The van der Waals surface area contributed by atoms with Gasteiger partial charge in [0.25, 0.3) is 5.91 Å². The molecular formula is C13H9Br2ClN2O. The van der Waals surface area contributed by atoms with Gasteiger partial charge >= 0.3 is 0 Å². The van der Waals surface area contributed by atoms with Crippen LogP contribution in [0, 0.1) is 0 Å². The van der Waals surface area contributed by atoms with Crippen molar-refractivity contribution in [1.82, 2.24) is 0 Å². The fourth-order valence-electron chi connectivity index (χ4n) is 1.49. The predicted octanol–water partition coefficient (Wildman–Crippen LogP) is 4.70. The Morgan fingerprint density at radius 2 is 1.89 bits per heavy atom. The number of hydrogen-bond donors (Lipinski definition) is 2. The fraction of sp³-hybridized carbons (Fsp3) is 0. The van der Waals surface area contributed by atoms with Crippen LogP contribution in [0.2, 0.25) is 5.02 Å². The van der Waals surface area contributed by atoms with Gasteiger partial charge in [0.1, 0.15) is 0 Å². The third kappa shape index (κ3) is 3.49. The van der Waals surface area contributed by atoms with Crippen LogP contribution in [0.4, 0.5) is 11.4 Å². The van der Waals surface area contributed by atoms with Crippen LogP contribution in [0.15, 0.2) is 45.3 Å². The van der Waals surface area contributed by atoms with E-state index in [1.165, 1.54) is 0 Å². The van der Waals surface area contributed by atoms with Crippen molar-refractivity contribution in [2.24, 2.45) is 0 Å². The van der Waals surface area contributed by atoms with Gasteiger partial charge in [0.05, 0.1) is 10.6 Å². The van der Waals surface area contributed by atoms with E-state index in [0.717, 1.165) is 8.95 Å². The van der Waals surface area contributed by atoms with E-state index in [9.17, 15) is 4.79 Å². The summed E-state index contributed by atoms with van der Waals surface area (Å²) < 4.78 is 1.61. The fourth-order valence-corrected chi connectivity index (χ4v) is 2.50. The lowest BCUT2D eigenvalue weighted by molar-refractivity contribution is 0.102. The molecule has 0 heterocycles. The Balaban J connectivity index is 2.23. The molecule has 6 heteroatoms. The second-order valence-electron chi connectivity index (χ2n) is 3.81. The van der Waals surface area contributed by atoms with Crippen molar-refractivity contribution in [1.29, 1.82) is 0 Å². The topological polar surface area (TPSA) is 55.1 Å². The number of anilines is 2. The number of nitrogens with two attached hydrogens (primary N) is 1. The molecule has 0 aromatic heterocycles. The molecule has 0 bridgehead atoms. The minimum absolute atomic E-state index is 0.278. The molecule has 3 nitrogen and oxygen atoms in total. The maximum Gasteiger partial charge on any atom is 0.257 e. The summed E-state index contributed by atoms with van der Waals surface area (Å²) in [7, 11) is 0. The van der Waals surface area contributed by atoms with E-state index in [4.69, 9.17) is 17.3 Å². The Labute approximate surface area is 132 Å². The van der Waals surface area contributed by atoms with Crippen LogP contribution in [0.25, 0.3) is 0 Å². The van der Waals surface area contributed by atoms with E-state index in [1.54, 1.807) is 36.4 Å². The molecule has 2 aromatic carbocycles. The first kappa shape index (κ1) is 14.4. The standard InChI is InChI=1S/C13H9Br2ClN2O/c14-7-1-3-9(11(16)5-7)13(19)18-8-2-4-10(15)12(17)6-8/h1-6H,17H2,(H,18,19). The van der Waals surface area contributed by atoms with Crippen molar-refractivity contribution in [3.63, 3.8) is 0 Å². The van der Waals surface area contributed by atoms with E-state index in [0.29, 0.717) is 22.0 Å². The van der Waals surface area contributed by atoms with Crippen molar-refractivity contribution < 1.29 is 4.79 Å². The van der Waals surface area contributed by atoms with E-state index in [1.807, 2.05) is 0 Å². The molecule has 0 radical (unpaired) electrons. The Bertz CT molecular complexity index is 647. The van der Waals surface area contributed by atoms with E-state index >= 15 is 0 Å². The van der Waals surface area contributed by atoms with Crippen LogP contribution in [-0.2, 0) is 0 Å². The number of nitrogen functional groups attached to an aromatic ring is 1. The Kier molecular flexibility index (Phi) is 4.50. The van der Waals surface area contributed by atoms with Crippen LogP contribution in [0.5, 0.6) is 0 Å². The van der Waals surface area contributed by atoms with Gasteiger partial charge < -0.3 is 11.1 Å². The molecule has 3 N–H and O–H groups in total. The maximum atomic E-state index is 12.1. The van der Waals surface area contributed by atoms with E-state index < -0.39 is 0 Å². The second kappa shape index (κ2) is 5.94. The zero-order valence-corrected chi connectivity index (χ0v) is 13.5. The third-order valence-electron chi connectivity index (χ3n) is 2.43. The van der Waals surface area contributed by atoms with Crippen LogP contribution >= 0.6 is 43.5 Å². The number of hydrogen-bond acceptors (Lipinski definition) is 2. The molecule has 0 aliphatic rings. The Morgan fingerprint density at radius 3 is 2.53 bits per heavy atom. The molecule has 0 aliphatic heterocycles. The second-order valence-corrected chi connectivity index (χ2v) is 5.99. The van der Waals surface area contributed by atoms with Gasteiger partial charge in [-0.25, -0.2) is 0 Å². The maximum absolute atomic E-state index is 12.1. The average molecular weight is 404 g/mol. The number of halogens is 3. The van der Waals surface area contributed by atoms with Crippen LogP contribution in [0.3, 0.4) is 0 Å². The monoisotopic (exact) mass is 402 g/mol. The third-order valence-corrected chi connectivity index (χ3v) is 3.96. The lowest BCUT2D eigenvalue weighted by Crippen LogP contribution is -2.12.